The number of hydrogen-bond donors (Lipinski definition) is 4. The van der Waals surface area contributed by atoms with E-state index in [9.17, 15) is 9.59 Å². The van der Waals surface area contributed by atoms with Gasteiger partial charge in [0.25, 0.3) is 0 Å². The smallest absolute Gasteiger partial charge is 0.407 e. The van der Waals surface area contributed by atoms with E-state index in [4.69, 9.17) is 16.6 Å². The van der Waals surface area contributed by atoms with Gasteiger partial charge in [0.2, 0.25) is 0 Å². The summed E-state index contributed by atoms with van der Waals surface area (Å²) in [6.07, 6.45) is 1.20. The Hall–Kier alpha value is -1.34. The van der Waals surface area contributed by atoms with Gasteiger partial charge in [-0.2, -0.15) is 0 Å². The second-order valence-electron chi connectivity index (χ2n) is 3.29. The summed E-state index contributed by atoms with van der Waals surface area (Å²) >= 11 is 0. The number of carbonyl (C=O) groups is 2. The van der Waals surface area contributed by atoms with Crippen LogP contribution < -0.4 is 16.8 Å². The number of hydrogen-bond acceptors (Lipinski definition) is 5. The fourth-order valence-corrected chi connectivity index (χ4v) is 1.01. The summed E-state index contributed by atoms with van der Waals surface area (Å²) in [5.74, 6) is -1.00. The number of aliphatic carboxylic acids is 1. The van der Waals surface area contributed by atoms with Crippen molar-refractivity contribution in [1.82, 2.24) is 5.32 Å². The van der Waals surface area contributed by atoms with E-state index >= 15 is 0 Å². The van der Waals surface area contributed by atoms with Crippen molar-refractivity contribution in [1.29, 1.82) is 0 Å². The Morgan fingerprint density at radius 2 is 2.06 bits per heavy atom. The van der Waals surface area contributed by atoms with Crippen LogP contribution in [0.25, 0.3) is 0 Å². The van der Waals surface area contributed by atoms with Crippen LogP contribution in [-0.2, 0) is 9.53 Å². The van der Waals surface area contributed by atoms with Crippen molar-refractivity contribution in [2.24, 2.45) is 11.5 Å². The molecule has 0 bridgehead atoms. The summed E-state index contributed by atoms with van der Waals surface area (Å²) < 4.78 is 4.66. The first-order valence-electron chi connectivity index (χ1n) is 5.17. The van der Waals surface area contributed by atoms with Crippen LogP contribution in [0.1, 0.15) is 19.3 Å². The van der Waals surface area contributed by atoms with Gasteiger partial charge >= 0.3 is 12.1 Å². The van der Waals surface area contributed by atoms with Crippen LogP contribution in [0.3, 0.4) is 0 Å². The summed E-state index contributed by atoms with van der Waals surface area (Å²) in [6.45, 7) is 0.923. The Morgan fingerprint density at radius 1 is 1.38 bits per heavy atom. The molecule has 0 saturated heterocycles. The van der Waals surface area contributed by atoms with E-state index in [1.807, 2.05) is 0 Å². The number of carboxylic acid groups (broad SMARTS) is 1. The van der Waals surface area contributed by atoms with Crippen molar-refractivity contribution in [3.05, 3.63) is 0 Å². The summed E-state index contributed by atoms with van der Waals surface area (Å²) in [6, 6.07) is -0.829. The van der Waals surface area contributed by atoms with Crippen LogP contribution in [0.2, 0.25) is 0 Å². The fourth-order valence-electron chi connectivity index (χ4n) is 1.01. The minimum atomic E-state index is -1.00. The van der Waals surface area contributed by atoms with Crippen molar-refractivity contribution in [2.75, 3.05) is 19.7 Å². The molecule has 0 aliphatic rings. The molecule has 0 heterocycles. The highest BCUT2D eigenvalue weighted by molar-refractivity contribution is 5.72. The Morgan fingerprint density at radius 3 is 2.62 bits per heavy atom. The van der Waals surface area contributed by atoms with E-state index in [-0.39, 0.29) is 6.61 Å². The van der Waals surface area contributed by atoms with Crippen LogP contribution in [0.4, 0.5) is 4.79 Å². The zero-order chi connectivity index (χ0) is 12.4. The third kappa shape index (κ3) is 8.01. The molecule has 16 heavy (non-hydrogen) atoms. The average Bonchev–Trinajstić information content (AvgIpc) is 2.25. The van der Waals surface area contributed by atoms with Gasteiger partial charge in [-0.15, -0.1) is 0 Å². The lowest BCUT2D eigenvalue weighted by Gasteiger charge is -2.07. The van der Waals surface area contributed by atoms with E-state index in [0.29, 0.717) is 32.4 Å². The first-order valence-corrected chi connectivity index (χ1v) is 5.17. The SMILES string of the molecule is NCCOC(=O)NCCCC[C@@H](N)C(=O)O. The van der Waals surface area contributed by atoms with Gasteiger partial charge in [0.1, 0.15) is 12.6 Å². The molecule has 94 valence electrons. The topological polar surface area (TPSA) is 128 Å². The van der Waals surface area contributed by atoms with Gasteiger partial charge in [0, 0.05) is 13.1 Å². The van der Waals surface area contributed by atoms with Crippen LogP contribution >= 0.6 is 0 Å². The molecule has 0 aromatic rings. The molecule has 0 saturated carbocycles. The Kier molecular flexibility index (Phi) is 8.18. The van der Waals surface area contributed by atoms with Crippen molar-refractivity contribution in [2.45, 2.75) is 25.3 Å². The lowest BCUT2D eigenvalue weighted by atomic mass is 10.1. The molecule has 7 nitrogen and oxygen atoms in total. The lowest BCUT2D eigenvalue weighted by molar-refractivity contribution is -0.138. The van der Waals surface area contributed by atoms with Crippen molar-refractivity contribution in [3.63, 3.8) is 0 Å². The highest BCUT2D eigenvalue weighted by Gasteiger charge is 2.10. The summed E-state index contributed by atoms with van der Waals surface area (Å²) in [5.41, 5.74) is 10.4. The number of ether oxygens (including phenoxy) is 1. The number of unbranched alkanes of at least 4 members (excludes halogenated alkanes) is 1. The first kappa shape index (κ1) is 14.7. The second kappa shape index (κ2) is 8.93. The molecule has 0 aromatic heterocycles. The molecule has 0 aliphatic carbocycles. The fraction of sp³-hybridized carbons (Fsp3) is 0.778. The highest BCUT2D eigenvalue weighted by atomic mass is 16.5. The van der Waals surface area contributed by atoms with Gasteiger partial charge < -0.3 is 26.6 Å². The number of carboxylic acids is 1. The summed E-state index contributed by atoms with van der Waals surface area (Å²) in [4.78, 5) is 21.3. The molecular formula is C9H19N3O4. The normalized spacial score (nSPS) is 11.9. The maximum atomic E-state index is 10.9. The molecule has 0 aliphatic heterocycles. The maximum Gasteiger partial charge on any atom is 0.407 e. The number of nitrogens with two attached hydrogens (primary N) is 2. The van der Waals surface area contributed by atoms with E-state index in [1.54, 1.807) is 0 Å². The predicted molar refractivity (Wildman–Crippen MR) is 57.9 cm³/mol. The summed E-state index contributed by atoms with van der Waals surface area (Å²) in [5, 5.41) is 11.0. The number of carbonyl (C=O) groups excluding carboxylic acids is 1. The predicted octanol–water partition coefficient (Wildman–Crippen LogP) is -0.746. The van der Waals surface area contributed by atoms with Crippen LogP contribution in [0.15, 0.2) is 0 Å². The number of alkyl carbamates (subject to hydrolysis) is 1. The zero-order valence-corrected chi connectivity index (χ0v) is 9.15. The molecular weight excluding hydrogens is 214 g/mol. The Balaban J connectivity index is 3.33. The number of nitrogens with one attached hydrogen (secondary N) is 1. The molecule has 6 N–H and O–H groups in total. The van der Waals surface area contributed by atoms with Gasteiger partial charge in [0.15, 0.2) is 0 Å². The molecule has 0 unspecified atom stereocenters. The van der Waals surface area contributed by atoms with Crippen LogP contribution in [-0.4, -0.2) is 42.9 Å². The van der Waals surface area contributed by atoms with E-state index in [2.05, 4.69) is 10.1 Å². The summed E-state index contributed by atoms with van der Waals surface area (Å²) in [7, 11) is 0. The molecule has 0 aromatic carbocycles. The van der Waals surface area contributed by atoms with E-state index in [0.717, 1.165) is 0 Å². The molecule has 7 heteroatoms. The van der Waals surface area contributed by atoms with Gasteiger partial charge in [0.05, 0.1) is 0 Å². The van der Waals surface area contributed by atoms with Crippen LogP contribution in [0, 0.1) is 0 Å². The quantitative estimate of drug-likeness (QED) is 0.408. The number of rotatable bonds is 8. The Bertz CT molecular complexity index is 223. The van der Waals surface area contributed by atoms with Gasteiger partial charge in [-0.05, 0) is 19.3 Å². The third-order valence-corrected chi connectivity index (χ3v) is 1.88. The van der Waals surface area contributed by atoms with Crippen LogP contribution in [0.5, 0.6) is 0 Å². The second-order valence-corrected chi connectivity index (χ2v) is 3.29. The minimum absolute atomic E-state index is 0.190. The highest BCUT2D eigenvalue weighted by Crippen LogP contribution is 1.98. The molecule has 1 atom stereocenters. The minimum Gasteiger partial charge on any atom is -0.480 e. The molecule has 1 amide bonds. The lowest BCUT2D eigenvalue weighted by Crippen LogP contribution is -2.30. The Labute approximate surface area is 94.1 Å². The monoisotopic (exact) mass is 233 g/mol. The van der Waals surface area contributed by atoms with Gasteiger partial charge in [-0.3, -0.25) is 4.79 Å². The molecule has 0 spiro atoms. The first-order chi connectivity index (χ1) is 7.57. The average molecular weight is 233 g/mol. The van der Waals surface area contributed by atoms with E-state index in [1.165, 1.54) is 0 Å². The molecule has 0 fully saturated rings. The number of amides is 1. The maximum absolute atomic E-state index is 10.9. The van der Waals surface area contributed by atoms with Gasteiger partial charge in [-0.25, -0.2) is 4.79 Å². The van der Waals surface area contributed by atoms with Gasteiger partial charge in [-0.1, -0.05) is 0 Å². The zero-order valence-electron chi connectivity index (χ0n) is 9.15. The third-order valence-electron chi connectivity index (χ3n) is 1.88. The standard InChI is InChI=1S/C9H19N3O4/c10-4-6-16-9(15)12-5-2-1-3-7(11)8(13)14/h7H,1-6,10-11H2,(H,12,15)(H,13,14)/t7-/m1/s1. The van der Waals surface area contributed by atoms with E-state index < -0.39 is 18.1 Å². The molecule has 0 radical (unpaired) electrons. The molecule has 0 rings (SSSR count). The van der Waals surface area contributed by atoms with Crippen molar-refractivity contribution in [3.8, 4) is 0 Å². The van der Waals surface area contributed by atoms with Crippen molar-refractivity contribution < 1.29 is 19.4 Å². The largest absolute Gasteiger partial charge is 0.480 e. The van der Waals surface area contributed by atoms with Crippen molar-refractivity contribution >= 4 is 12.1 Å².